The van der Waals surface area contributed by atoms with Gasteiger partial charge >= 0.3 is 0 Å². The summed E-state index contributed by atoms with van der Waals surface area (Å²) in [5.41, 5.74) is 4.04. The summed E-state index contributed by atoms with van der Waals surface area (Å²) in [7, 11) is -3.04. The van der Waals surface area contributed by atoms with E-state index in [1.165, 1.54) is 11.1 Å². The Morgan fingerprint density at radius 1 is 1.25 bits per heavy atom. The van der Waals surface area contributed by atoms with Gasteiger partial charge in [0.25, 0.3) is 5.91 Å². The lowest BCUT2D eigenvalue weighted by molar-refractivity contribution is 0.0702. The summed E-state index contributed by atoms with van der Waals surface area (Å²) < 4.78 is 23.6. The fourth-order valence-corrected chi connectivity index (χ4v) is 5.92. The average molecular weight is 400 g/mol. The number of amides is 1. The molecule has 6 nitrogen and oxygen atoms in total. The number of hydrogen-bond acceptors (Lipinski definition) is 5. The van der Waals surface area contributed by atoms with Gasteiger partial charge in [0.05, 0.1) is 11.5 Å². The molecule has 0 N–H and O–H groups in total. The largest absolute Gasteiger partial charge is 0.367 e. The molecule has 148 valence electrons. The lowest BCUT2D eigenvalue weighted by Crippen LogP contribution is -2.41. The first kappa shape index (κ1) is 18.9. The van der Waals surface area contributed by atoms with Gasteiger partial charge in [0.2, 0.25) is 0 Å². The van der Waals surface area contributed by atoms with Crippen molar-refractivity contribution in [1.82, 2.24) is 9.88 Å². The van der Waals surface area contributed by atoms with E-state index in [1.54, 1.807) is 11.1 Å². The van der Waals surface area contributed by atoms with Gasteiger partial charge < -0.3 is 9.80 Å². The molecule has 1 saturated heterocycles. The van der Waals surface area contributed by atoms with Gasteiger partial charge in [-0.2, -0.15) is 0 Å². The number of sulfone groups is 1. The molecule has 2 aromatic rings. The van der Waals surface area contributed by atoms with E-state index in [4.69, 9.17) is 0 Å². The molecule has 0 saturated carbocycles. The van der Waals surface area contributed by atoms with Crippen LogP contribution in [0.2, 0.25) is 0 Å². The molecule has 0 spiro atoms. The molecule has 1 atom stereocenters. The van der Waals surface area contributed by atoms with E-state index in [9.17, 15) is 13.2 Å². The molecule has 7 heteroatoms. The van der Waals surface area contributed by atoms with Crippen LogP contribution in [0.15, 0.2) is 42.6 Å². The van der Waals surface area contributed by atoms with Crippen LogP contribution in [0.25, 0.3) is 0 Å². The summed E-state index contributed by atoms with van der Waals surface area (Å²) in [6, 6.07) is 12.0. The van der Waals surface area contributed by atoms with Gasteiger partial charge in [0.1, 0.15) is 5.69 Å². The smallest absolute Gasteiger partial charge is 0.272 e. The maximum atomic E-state index is 13.1. The monoisotopic (exact) mass is 399 g/mol. The molecule has 1 aromatic carbocycles. The van der Waals surface area contributed by atoms with E-state index >= 15 is 0 Å². The summed E-state index contributed by atoms with van der Waals surface area (Å²) in [5, 5.41) is 0. The zero-order valence-corrected chi connectivity index (χ0v) is 16.9. The van der Waals surface area contributed by atoms with Crippen LogP contribution < -0.4 is 4.90 Å². The van der Waals surface area contributed by atoms with Crippen LogP contribution >= 0.6 is 0 Å². The molecular weight excluding hydrogens is 374 g/mol. The van der Waals surface area contributed by atoms with Gasteiger partial charge in [-0.3, -0.25) is 9.78 Å². The molecule has 0 aliphatic carbocycles. The molecule has 0 bridgehead atoms. The molecule has 3 heterocycles. The number of carbonyl (C=O) groups excluding carboxylic acids is 1. The topological polar surface area (TPSA) is 70.6 Å². The molecule has 1 unspecified atom stereocenters. The maximum Gasteiger partial charge on any atom is 0.272 e. The Hall–Kier alpha value is -2.41. The van der Waals surface area contributed by atoms with Gasteiger partial charge in [-0.15, -0.1) is 0 Å². The van der Waals surface area contributed by atoms with E-state index < -0.39 is 9.84 Å². The van der Waals surface area contributed by atoms with Gasteiger partial charge in [0.15, 0.2) is 9.84 Å². The van der Waals surface area contributed by atoms with Crippen LogP contribution in [-0.2, 0) is 22.8 Å². The maximum absolute atomic E-state index is 13.1. The van der Waals surface area contributed by atoms with Crippen molar-refractivity contribution in [3.8, 4) is 0 Å². The number of benzene rings is 1. The van der Waals surface area contributed by atoms with Crippen LogP contribution in [0.1, 0.15) is 35.0 Å². The third-order valence-corrected chi connectivity index (χ3v) is 7.46. The number of hydrogen-bond donors (Lipinski definition) is 0. The number of fused-ring (bicyclic) bond motifs is 1. The van der Waals surface area contributed by atoms with Crippen molar-refractivity contribution in [1.29, 1.82) is 0 Å². The number of carbonyl (C=O) groups is 1. The van der Waals surface area contributed by atoms with Gasteiger partial charge in [-0.1, -0.05) is 24.3 Å². The van der Waals surface area contributed by atoms with E-state index in [1.807, 2.05) is 19.1 Å². The number of anilines is 1. The lowest BCUT2D eigenvalue weighted by atomic mass is 9.99. The first-order valence-electron chi connectivity index (χ1n) is 9.76. The summed E-state index contributed by atoms with van der Waals surface area (Å²) in [6.45, 7) is 4.06. The van der Waals surface area contributed by atoms with Gasteiger partial charge in [-0.05, 0) is 43.0 Å². The van der Waals surface area contributed by atoms with E-state index in [2.05, 4.69) is 34.1 Å². The van der Waals surface area contributed by atoms with Crippen molar-refractivity contribution in [2.45, 2.75) is 32.4 Å². The van der Waals surface area contributed by atoms with Crippen LogP contribution in [0.4, 0.5) is 5.69 Å². The Kier molecular flexibility index (Phi) is 5.10. The molecule has 1 amide bonds. The molecule has 1 fully saturated rings. The van der Waals surface area contributed by atoms with Gasteiger partial charge in [0, 0.05) is 37.6 Å². The summed E-state index contributed by atoms with van der Waals surface area (Å²) in [4.78, 5) is 21.3. The van der Waals surface area contributed by atoms with Crippen molar-refractivity contribution in [3.63, 3.8) is 0 Å². The number of pyridine rings is 1. The summed E-state index contributed by atoms with van der Waals surface area (Å²) in [5.74, 6) is 0.0148. The summed E-state index contributed by atoms with van der Waals surface area (Å²) >= 11 is 0. The molecule has 1 aromatic heterocycles. The van der Waals surface area contributed by atoms with Crippen molar-refractivity contribution >= 4 is 21.4 Å². The molecule has 2 aliphatic rings. The Labute approximate surface area is 166 Å². The van der Waals surface area contributed by atoms with E-state index in [-0.39, 0.29) is 23.5 Å². The second kappa shape index (κ2) is 7.54. The third kappa shape index (κ3) is 3.76. The number of aromatic nitrogens is 1. The van der Waals surface area contributed by atoms with E-state index in [0.717, 1.165) is 25.2 Å². The fourth-order valence-electron chi connectivity index (χ4n) is 4.19. The minimum Gasteiger partial charge on any atom is -0.367 e. The van der Waals surface area contributed by atoms with Crippen molar-refractivity contribution in [3.05, 3.63) is 59.4 Å². The first-order chi connectivity index (χ1) is 13.5. The SMILES string of the molecule is CCN(C(=O)c1cc(N2CCc3ccccc3C2)ccn1)C1CCS(=O)(=O)C1. The Morgan fingerprint density at radius 3 is 2.75 bits per heavy atom. The molecule has 0 radical (unpaired) electrons. The Balaban J connectivity index is 1.54. The van der Waals surface area contributed by atoms with Crippen molar-refractivity contribution < 1.29 is 13.2 Å². The quantitative estimate of drug-likeness (QED) is 0.789. The Morgan fingerprint density at radius 2 is 2.04 bits per heavy atom. The normalized spacial score (nSPS) is 20.6. The highest BCUT2D eigenvalue weighted by atomic mass is 32.2. The van der Waals surface area contributed by atoms with Gasteiger partial charge in [-0.25, -0.2) is 8.42 Å². The zero-order valence-electron chi connectivity index (χ0n) is 16.0. The third-order valence-electron chi connectivity index (χ3n) is 5.71. The highest BCUT2D eigenvalue weighted by Gasteiger charge is 2.34. The Bertz CT molecular complexity index is 990. The minimum atomic E-state index is -3.04. The second-order valence-corrected chi connectivity index (χ2v) is 9.72. The lowest BCUT2D eigenvalue weighted by Gasteiger charge is -2.31. The molecule has 28 heavy (non-hydrogen) atoms. The summed E-state index contributed by atoms with van der Waals surface area (Å²) in [6.07, 6.45) is 3.15. The minimum absolute atomic E-state index is 0.0508. The van der Waals surface area contributed by atoms with Crippen LogP contribution in [-0.4, -0.2) is 54.8 Å². The standard InChI is InChI=1S/C21H25N3O3S/c1-2-24(19-9-12-28(26,27)15-19)21(25)20-13-18(7-10-22-20)23-11-8-16-5-3-4-6-17(16)14-23/h3-7,10,13,19H,2,8-9,11-12,14-15H2,1H3. The van der Waals surface area contributed by atoms with E-state index in [0.29, 0.717) is 18.7 Å². The van der Waals surface area contributed by atoms with Crippen molar-refractivity contribution in [2.75, 3.05) is 29.5 Å². The molecule has 2 aliphatic heterocycles. The number of rotatable bonds is 4. The van der Waals surface area contributed by atoms with Crippen LogP contribution in [0.5, 0.6) is 0 Å². The fraction of sp³-hybridized carbons (Fsp3) is 0.429. The van der Waals surface area contributed by atoms with Crippen molar-refractivity contribution in [2.24, 2.45) is 0 Å². The average Bonchev–Trinajstić information content (AvgIpc) is 3.07. The number of nitrogens with zero attached hydrogens (tertiary/aromatic N) is 3. The first-order valence-corrected chi connectivity index (χ1v) is 11.6. The molecular formula is C21H25N3O3S. The highest BCUT2D eigenvalue weighted by molar-refractivity contribution is 7.91. The predicted octanol–water partition coefficient (Wildman–Crippen LogP) is 2.29. The van der Waals surface area contributed by atoms with Crippen LogP contribution in [0.3, 0.4) is 0 Å². The second-order valence-electron chi connectivity index (χ2n) is 7.49. The predicted molar refractivity (Wildman–Crippen MR) is 109 cm³/mol. The van der Waals surface area contributed by atoms with Crippen LogP contribution in [0, 0.1) is 0 Å². The highest BCUT2D eigenvalue weighted by Crippen LogP contribution is 2.25. The zero-order chi connectivity index (χ0) is 19.7. The molecule has 4 rings (SSSR count).